The minimum Gasteiger partial charge on any atom is -0.325 e. The number of thiazole rings is 1. The lowest BCUT2D eigenvalue weighted by Crippen LogP contribution is -2.33. The summed E-state index contributed by atoms with van der Waals surface area (Å²) in [6.07, 6.45) is -4.68. The highest BCUT2D eigenvalue weighted by atomic mass is 35.5. The molecule has 46 heavy (non-hydrogen) atoms. The largest absolute Gasteiger partial charge is 0.416 e. The highest BCUT2D eigenvalue weighted by molar-refractivity contribution is 8.00. The molecule has 1 fully saturated rings. The topological polar surface area (TPSA) is 88.5 Å². The number of hydrogen-bond donors (Lipinski definition) is 1. The molecule has 1 saturated heterocycles. The van der Waals surface area contributed by atoms with Crippen LogP contribution in [0.4, 0.5) is 24.5 Å². The maximum absolute atomic E-state index is 14.0. The quantitative estimate of drug-likeness (QED) is 0.199. The number of fused-ring (bicyclic) bond motifs is 3. The van der Waals surface area contributed by atoms with Gasteiger partial charge >= 0.3 is 11.0 Å². The first-order chi connectivity index (χ1) is 22.0. The first kappa shape index (κ1) is 30.3. The van der Waals surface area contributed by atoms with Crippen molar-refractivity contribution in [2.45, 2.75) is 28.9 Å². The van der Waals surface area contributed by atoms with E-state index in [2.05, 4.69) is 5.32 Å². The molecule has 0 bridgehead atoms. The Bertz CT molecular complexity index is 2110. The Kier molecular flexibility index (Phi) is 7.53. The van der Waals surface area contributed by atoms with E-state index in [1.54, 1.807) is 30.3 Å². The van der Waals surface area contributed by atoms with Crippen molar-refractivity contribution in [1.82, 2.24) is 4.57 Å². The average molecular weight is 680 g/mol. The van der Waals surface area contributed by atoms with Crippen LogP contribution in [0.1, 0.15) is 21.9 Å². The van der Waals surface area contributed by atoms with Gasteiger partial charge in [-0.25, -0.2) is 4.90 Å². The van der Waals surface area contributed by atoms with Gasteiger partial charge in [-0.15, -0.1) is 0 Å². The predicted molar refractivity (Wildman–Crippen MR) is 172 cm³/mol. The van der Waals surface area contributed by atoms with E-state index >= 15 is 0 Å². The highest BCUT2D eigenvalue weighted by Gasteiger charge is 2.57. The molecule has 2 aliphatic rings. The molecule has 0 radical (unpaired) electrons. The third-order valence-corrected chi connectivity index (χ3v) is 10.9. The molecule has 4 aromatic carbocycles. The number of alkyl halides is 3. The van der Waals surface area contributed by atoms with E-state index in [0.29, 0.717) is 26.2 Å². The molecule has 5 aromatic rings. The van der Waals surface area contributed by atoms with Gasteiger partial charge in [-0.3, -0.25) is 23.7 Å². The Morgan fingerprint density at radius 3 is 2.35 bits per heavy atom. The number of halogens is 4. The molecular weight excluding hydrogens is 659 g/mol. The summed E-state index contributed by atoms with van der Waals surface area (Å²) in [6.45, 7) is -0.352. The Balaban J connectivity index is 1.26. The molecule has 2 aliphatic heterocycles. The van der Waals surface area contributed by atoms with E-state index in [-0.39, 0.29) is 12.2 Å². The maximum atomic E-state index is 14.0. The van der Waals surface area contributed by atoms with E-state index in [9.17, 15) is 32.3 Å². The minimum absolute atomic E-state index is 0.190. The number of benzene rings is 4. The lowest BCUT2D eigenvalue weighted by Gasteiger charge is -2.30. The molecule has 3 heterocycles. The number of carbonyl (C=O) groups is 3. The second kappa shape index (κ2) is 11.4. The number of imide groups is 1. The van der Waals surface area contributed by atoms with Crippen LogP contribution in [0.3, 0.4) is 0 Å². The summed E-state index contributed by atoms with van der Waals surface area (Å²) < 4.78 is 41.9. The summed E-state index contributed by atoms with van der Waals surface area (Å²) in [5.41, 5.74) is -0.0409. The highest BCUT2D eigenvalue weighted by Crippen LogP contribution is 2.54. The number of nitrogens with zero attached hydrogens (tertiary/aromatic N) is 2. The summed E-state index contributed by atoms with van der Waals surface area (Å²) in [7, 11) is 0. The molecule has 1 aromatic heterocycles. The molecule has 2 unspecified atom stereocenters. The summed E-state index contributed by atoms with van der Waals surface area (Å²) in [5, 5.41) is 4.48. The number of nitrogens with one attached hydrogen (secondary N) is 1. The van der Waals surface area contributed by atoms with Crippen LogP contribution in [0, 0.1) is 5.92 Å². The zero-order chi connectivity index (χ0) is 32.3. The number of aromatic nitrogens is 1. The van der Waals surface area contributed by atoms with E-state index in [0.717, 1.165) is 57.0 Å². The molecule has 232 valence electrons. The number of anilines is 2. The SMILES string of the molecule is O=C(Cn1c2c(sc1=O)[C@H](c1ccc(Cl)cc1)C1C(=O)N(c3cccc(C(F)(F)F)c3)C(=O)C1S2)Nc1ccc2ccccc2c1. The van der Waals surface area contributed by atoms with Crippen LogP contribution >= 0.6 is 34.7 Å². The number of hydrogen-bond acceptors (Lipinski definition) is 6. The van der Waals surface area contributed by atoms with E-state index in [1.165, 1.54) is 10.6 Å². The number of carbonyl (C=O) groups excluding carboxylic acids is 3. The van der Waals surface area contributed by atoms with Crippen molar-refractivity contribution in [1.29, 1.82) is 0 Å². The van der Waals surface area contributed by atoms with E-state index in [4.69, 9.17) is 11.6 Å². The molecule has 7 rings (SSSR count). The van der Waals surface area contributed by atoms with Gasteiger partial charge in [0.25, 0.3) is 0 Å². The summed E-state index contributed by atoms with van der Waals surface area (Å²) in [6, 6.07) is 23.8. The van der Waals surface area contributed by atoms with Crippen LogP contribution in [0.2, 0.25) is 5.02 Å². The summed E-state index contributed by atoms with van der Waals surface area (Å²) in [4.78, 5) is 55.3. The molecule has 7 nitrogen and oxygen atoms in total. The van der Waals surface area contributed by atoms with Gasteiger partial charge in [0.1, 0.15) is 11.8 Å². The Morgan fingerprint density at radius 1 is 0.870 bits per heavy atom. The van der Waals surface area contributed by atoms with Crippen molar-refractivity contribution in [2.75, 3.05) is 10.2 Å². The van der Waals surface area contributed by atoms with Crippen LogP contribution in [0.5, 0.6) is 0 Å². The standard InChI is InChI=1S/C33H21ClF3N3O4S2/c34-21-11-8-18(9-12-21)25-26-27(30(43)40(29(26)42)23-7-3-6-20(15-23)33(35,36)37)45-31-28(25)46-32(44)39(31)16-24(41)38-22-13-10-17-4-1-2-5-19(17)14-22/h1-15,25-27H,16H2,(H,38,41)/t25-,26?,27?/m1/s1. The number of rotatable bonds is 5. The van der Waals surface area contributed by atoms with Gasteiger partial charge in [-0.2, -0.15) is 13.2 Å². The molecule has 0 spiro atoms. The van der Waals surface area contributed by atoms with Gasteiger partial charge in [0.05, 0.1) is 22.2 Å². The van der Waals surface area contributed by atoms with Crippen molar-refractivity contribution in [3.63, 3.8) is 0 Å². The monoisotopic (exact) mass is 679 g/mol. The summed E-state index contributed by atoms with van der Waals surface area (Å²) >= 11 is 7.98. The Morgan fingerprint density at radius 2 is 1.61 bits per heavy atom. The average Bonchev–Trinajstić information content (AvgIpc) is 3.47. The second-order valence-corrected chi connectivity index (χ2v) is 13.4. The van der Waals surface area contributed by atoms with Gasteiger partial charge in [0.2, 0.25) is 17.7 Å². The Hall–Kier alpha value is -4.39. The van der Waals surface area contributed by atoms with Gasteiger partial charge in [-0.1, -0.05) is 83.2 Å². The second-order valence-electron chi connectivity index (χ2n) is 10.9. The van der Waals surface area contributed by atoms with Gasteiger partial charge in [0.15, 0.2) is 0 Å². The van der Waals surface area contributed by atoms with Gasteiger partial charge in [-0.05, 0) is 58.8 Å². The van der Waals surface area contributed by atoms with Crippen LogP contribution in [-0.4, -0.2) is 27.5 Å². The van der Waals surface area contributed by atoms with Crippen molar-refractivity contribution in [3.8, 4) is 0 Å². The first-order valence-electron chi connectivity index (χ1n) is 14.0. The Labute approximate surface area is 272 Å². The van der Waals surface area contributed by atoms with Crippen molar-refractivity contribution in [2.24, 2.45) is 5.92 Å². The fraction of sp³-hybridized carbons (Fsp3) is 0.152. The zero-order valence-corrected chi connectivity index (χ0v) is 25.8. The molecule has 0 saturated carbocycles. The predicted octanol–water partition coefficient (Wildman–Crippen LogP) is 7.17. The number of thioether (sulfide) groups is 1. The van der Waals surface area contributed by atoms with Crippen molar-refractivity contribution < 1.29 is 27.6 Å². The van der Waals surface area contributed by atoms with Crippen LogP contribution in [0.15, 0.2) is 101 Å². The first-order valence-corrected chi connectivity index (χ1v) is 16.1. The smallest absolute Gasteiger partial charge is 0.325 e. The molecule has 13 heteroatoms. The maximum Gasteiger partial charge on any atom is 0.416 e. The third-order valence-electron chi connectivity index (χ3n) is 8.05. The van der Waals surface area contributed by atoms with Crippen LogP contribution in [0.25, 0.3) is 10.8 Å². The minimum atomic E-state index is -4.68. The fourth-order valence-electron chi connectivity index (χ4n) is 5.97. The molecule has 3 atom stereocenters. The van der Waals surface area contributed by atoms with Gasteiger partial charge < -0.3 is 5.32 Å². The number of amides is 3. The molecular formula is C33H21ClF3N3O4S2. The van der Waals surface area contributed by atoms with Gasteiger partial charge in [0, 0.05) is 21.5 Å². The van der Waals surface area contributed by atoms with Crippen molar-refractivity contribution in [3.05, 3.63) is 122 Å². The molecule has 1 N–H and O–H groups in total. The third kappa shape index (κ3) is 5.29. The van der Waals surface area contributed by atoms with Crippen LogP contribution < -0.4 is 15.1 Å². The molecule has 3 amide bonds. The zero-order valence-electron chi connectivity index (χ0n) is 23.5. The van der Waals surface area contributed by atoms with E-state index in [1.807, 2.05) is 36.4 Å². The lowest BCUT2D eigenvalue weighted by atomic mass is 9.83. The lowest BCUT2D eigenvalue weighted by molar-refractivity contribution is -0.137. The molecule has 0 aliphatic carbocycles. The van der Waals surface area contributed by atoms with Crippen molar-refractivity contribution >= 4 is 74.6 Å². The summed E-state index contributed by atoms with van der Waals surface area (Å²) in [5.74, 6) is -3.64. The van der Waals surface area contributed by atoms with Crippen LogP contribution in [-0.2, 0) is 27.1 Å². The van der Waals surface area contributed by atoms with E-state index < -0.39 is 51.4 Å². The normalized spacial score (nSPS) is 19.3. The fourth-order valence-corrected chi connectivity index (χ4v) is 8.87.